The van der Waals surface area contributed by atoms with Crippen LogP contribution in [0.5, 0.6) is 5.75 Å². The summed E-state index contributed by atoms with van der Waals surface area (Å²) in [6.07, 6.45) is 1.67. The van der Waals surface area contributed by atoms with Gasteiger partial charge in [0.1, 0.15) is 5.75 Å². The number of aromatic nitrogens is 2. The van der Waals surface area contributed by atoms with Crippen molar-refractivity contribution in [2.45, 2.75) is 20.8 Å². The molecule has 0 saturated heterocycles. The van der Waals surface area contributed by atoms with Crippen LogP contribution in [0, 0.1) is 20.8 Å². The number of fused-ring (bicyclic) bond motifs is 1. The van der Waals surface area contributed by atoms with Crippen molar-refractivity contribution < 1.29 is 13.9 Å². The zero-order valence-electron chi connectivity index (χ0n) is 17.9. The summed E-state index contributed by atoms with van der Waals surface area (Å²) in [6, 6.07) is 15.0. The number of nitrogens with one attached hydrogen (secondary N) is 2. The van der Waals surface area contributed by atoms with Crippen LogP contribution in [0.3, 0.4) is 0 Å². The number of ether oxygens (including phenoxy) is 1. The number of oxazole rings is 1. The normalized spacial score (nSPS) is 10.7. The molecule has 0 fully saturated rings. The number of hydrogen-bond donors (Lipinski definition) is 2. The van der Waals surface area contributed by atoms with Crippen LogP contribution in [0.1, 0.15) is 16.7 Å². The Balaban J connectivity index is 1.39. The molecule has 8 heteroatoms. The first kappa shape index (κ1) is 21.5. The lowest BCUT2D eigenvalue weighted by Gasteiger charge is -2.13. The van der Waals surface area contributed by atoms with Gasteiger partial charge in [0, 0.05) is 17.4 Å². The highest BCUT2D eigenvalue weighted by Gasteiger charge is 2.12. The second kappa shape index (κ2) is 9.15. The van der Waals surface area contributed by atoms with Crippen LogP contribution in [0.2, 0.25) is 0 Å². The Hall–Kier alpha value is -3.78. The molecule has 0 unspecified atom stereocenters. The molecular formula is C24H22N4O3S. The van der Waals surface area contributed by atoms with E-state index in [1.807, 2.05) is 63.2 Å². The molecule has 0 saturated carbocycles. The lowest BCUT2D eigenvalue weighted by atomic mass is 10.1. The SMILES string of the molecule is Cc1ccc(OCC(=O)NC(=S)Nc2cc(-c3nc4ncccc4o3)ccc2C)cc1C. The Bertz CT molecular complexity index is 1280. The number of thiocarbonyl (C=S) groups is 1. The molecule has 1 amide bonds. The second-order valence-corrected chi connectivity index (χ2v) is 7.82. The van der Waals surface area contributed by atoms with E-state index in [-0.39, 0.29) is 17.6 Å². The van der Waals surface area contributed by atoms with E-state index in [1.54, 1.807) is 12.3 Å². The number of nitrogens with zero attached hydrogens (tertiary/aromatic N) is 2. The topological polar surface area (TPSA) is 89.3 Å². The maximum absolute atomic E-state index is 12.2. The summed E-state index contributed by atoms with van der Waals surface area (Å²) < 4.78 is 11.3. The number of amides is 1. The van der Waals surface area contributed by atoms with Crippen molar-refractivity contribution in [3.63, 3.8) is 0 Å². The van der Waals surface area contributed by atoms with Crippen LogP contribution in [0.4, 0.5) is 5.69 Å². The number of benzene rings is 2. The van der Waals surface area contributed by atoms with Crippen molar-refractivity contribution in [3.8, 4) is 17.2 Å². The molecular weight excluding hydrogens is 424 g/mol. The predicted octanol–water partition coefficient (Wildman–Crippen LogP) is 4.71. The van der Waals surface area contributed by atoms with E-state index in [0.717, 1.165) is 22.4 Å². The highest BCUT2D eigenvalue weighted by molar-refractivity contribution is 7.80. The average molecular weight is 447 g/mol. The van der Waals surface area contributed by atoms with Crippen LogP contribution < -0.4 is 15.4 Å². The molecule has 2 N–H and O–H groups in total. The Kier molecular flexibility index (Phi) is 6.13. The third-order valence-electron chi connectivity index (χ3n) is 5.00. The van der Waals surface area contributed by atoms with Gasteiger partial charge in [-0.2, -0.15) is 4.98 Å². The third-order valence-corrected chi connectivity index (χ3v) is 5.20. The minimum atomic E-state index is -0.348. The summed E-state index contributed by atoms with van der Waals surface area (Å²) in [4.78, 5) is 20.9. The summed E-state index contributed by atoms with van der Waals surface area (Å²) in [6.45, 7) is 5.81. The van der Waals surface area contributed by atoms with Crippen LogP contribution >= 0.6 is 12.2 Å². The summed E-state index contributed by atoms with van der Waals surface area (Å²) in [5.74, 6) is 0.747. The van der Waals surface area contributed by atoms with E-state index in [1.165, 1.54) is 5.56 Å². The van der Waals surface area contributed by atoms with Gasteiger partial charge in [0.25, 0.3) is 5.91 Å². The van der Waals surface area contributed by atoms with Gasteiger partial charge >= 0.3 is 0 Å². The van der Waals surface area contributed by atoms with Crippen LogP contribution in [0.25, 0.3) is 22.7 Å². The molecule has 0 bridgehead atoms. The summed E-state index contributed by atoms with van der Waals surface area (Å²) in [5, 5.41) is 5.88. The Morgan fingerprint density at radius 2 is 1.88 bits per heavy atom. The molecule has 0 aliphatic carbocycles. The highest BCUT2D eigenvalue weighted by atomic mass is 32.1. The fourth-order valence-electron chi connectivity index (χ4n) is 3.05. The molecule has 162 valence electrons. The van der Waals surface area contributed by atoms with Gasteiger partial charge in [-0.05, 0) is 86.1 Å². The fraction of sp³-hybridized carbons (Fsp3) is 0.167. The Morgan fingerprint density at radius 3 is 2.66 bits per heavy atom. The quantitative estimate of drug-likeness (QED) is 0.429. The Labute approximate surface area is 190 Å². The van der Waals surface area contributed by atoms with Crippen molar-refractivity contribution in [2.75, 3.05) is 11.9 Å². The lowest BCUT2D eigenvalue weighted by molar-refractivity contribution is -0.121. The van der Waals surface area contributed by atoms with E-state index >= 15 is 0 Å². The van der Waals surface area contributed by atoms with Crippen LogP contribution in [-0.4, -0.2) is 27.6 Å². The Morgan fingerprint density at radius 1 is 1.06 bits per heavy atom. The number of hydrogen-bond acceptors (Lipinski definition) is 6. The highest BCUT2D eigenvalue weighted by Crippen LogP contribution is 2.27. The molecule has 0 radical (unpaired) electrons. The molecule has 4 rings (SSSR count). The maximum Gasteiger partial charge on any atom is 0.264 e. The number of pyridine rings is 1. The summed E-state index contributed by atoms with van der Waals surface area (Å²) in [5.41, 5.74) is 5.88. The van der Waals surface area contributed by atoms with Crippen molar-refractivity contribution in [1.29, 1.82) is 0 Å². The lowest BCUT2D eigenvalue weighted by Crippen LogP contribution is -2.37. The van der Waals surface area contributed by atoms with Crippen molar-refractivity contribution in [1.82, 2.24) is 15.3 Å². The fourth-order valence-corrected chi connectivity index (χ4v) is 3.27. The van der Waals surface area contributed by atoms with Crippen molar-refractivity contribution in [3.05, 3.63) is 71.4 Å². The zero-order valence-corrected chi connectivity index (χ0v) is 18.7. The molecule has 2 aromatic heterocycles. The first-order valence-corrected chi connectivity index (χ1v) is 10.4. The molecule has 0 atom stereocenters. The molecule has 0 aliphatic heterocycles. The van der Waals surface area contributed by atoms with Gasteiger partial charge in [0.05, 0.1) is 0 Å². The minimum Gasteiger partial charge on any atom is -0.484 e. The predicted molar refractivity (Wildman–Crippen MR) is 128 cm³/mol. The van der Waals surface area contributed by atoms with Gasteiger partial charge in [-0.1, -0.05) is 12.1 Å². The largest absolute Gasteiger partial charge is 0.484 e. The first-order chi connectivity index (χ1) is 15.4. The number of anilines is 1. The number of aryl methyl sites for hydroxylation is 3. The van der Waals surface area contributed by atoms with E-state index in [4.69, 9.17) is 21.4 Å². The summed E-state index contributed by atoms with van der Waals surface area (Å²) >= 11 is 5.31. The average Bonchev–Trinajstić information content (AvgIpc) is 3.20. The van der Waals surface area contributed by atoms with Crippen LogP contribution in [-0.2, 0) is 4.79 Å². The van der Waals surface area contributed by atoms with E-state index in [0.29, 0.717) is 22.9 Å². The number of carbonyl (C=O) groups is 1. The van der Waals surface area contributed by atoms with Crippen LogP contribution in [0.15, 0.2) is 59.1 Å². The number of rotatable bonds is 5. The van der Waals surface area contributed by atoms with Gasteiger partial charge in [-0.15, -0.1) is 0 Å². The smallest absolute Gasteiger partial charge is 0.264 e. The standard InChI is InChI=1S/C24H22N4O3S/c1-14-7-9-18(11-16(14)3)30-13-21(29)27-24(32)26-19-12-17(8-6-15(19)2)23-28-22-20(31-23)5-4-10-25-22/h4-12H,13H2,1-3H3,(H2,26,27,29,32). The van der Waals surface area contributed by atoms with Gasteiger partial charge in [0.15, 0.2) is 22.9 Å². The minimum absolute atomic E-state index is 0.140. The maximum atomic E-state index is 12.2. The molecule has 0 aliphatic rings. The molecule has 7 nitrogen and oxygen atoms in total. The van der Waals surface area contributed by atoms with E-state index < -0.39 is 0 Å². The third kappa shape index (κ3) is 4.92. The zero-order chi connectivity index (χ0) is 22.7. The van der Waals surface area contributed by atoms with Gasteiger partial charge in [-0.25, -0.2) is 4.98 Å². The van der Waals surface area contributed by atoms with Crippen molar-refractivity contribution >= 4 is 40.2 Å². The van der Waals surface area contributed by atoms with E-state index in [2.05, 4.69) is 20.6 Å². The van der Waals surface area contributed by atoms with Crippen molar-refractivity contribution in [2.24, 2.45) is 0 Å². The molecule has 4 aromatic rings. The van der Waals surface area contributed by atoms with E-state index in [9.17, 15) is 4.79 Å². The monoisotopic (exact) mass is 446 g/mol. The summed E-state index contributed by atoms with van der Waals surface area (Å²) in [7, 11) is 0. The van der Waals surface area contributed by atoms with Gasteiger partial charge in [0.2, 0.25) is 5.89 Å². The molecule has 2 heterocycles. The van der Waals surface area contributed by atoms with Gasteiger partial charge in [-0.3, -0.25) is 10.1 Å². The number of carbonyl (C=O) groups excluding carboxylic acids is 1. The molecule has 2 aromatic carbocycles. The molecule has 32 heavy (non-hydrogen) atoms. The first-order valence-electron chi connectivity index (χ1n) is 10.0. The second-order valence-electron chi connectivity index (χ2n) is 7.41. The molecule has 0 spiro atoms. The van der Waals surface area contributed by atoms with Gasteiger partial charge < -0.3 is 14.5 Å².